The van der Waals surface area contributed by atoms with E-state index in [0.29, 0.717) is 40.2 Å². The number of anilines is 1. The standard InChI is InChI=1S/C28H24ClN3O4/c1-15-11-19(17(3)35-23-7-8-25(29)31-21(23)14-30)28-20(12-15)26(33)16(2)27(36-28)18-5-6-22-24(13-18)34-10-9-32(22)4/h5-8,11-13,17H,9-10H2,1-4H3/t17-/m1/s1. The van der Waals surface area contributed by atoms with Gasteiger partial charge in [-0.3, -0.25) is 4.79 Å². The molecule has 3 heterocycles. The first-order valence-electron chi connectivity index (χ1n) is 11.6. The lowest BCUT2D eigenvalue weighted by Crippen LogP contribution is -2.28. The fourth-order valence-electron chi connectivity index (χ4n) is 4.50. The maximum atomic E-state index is 13.5. The highest BCUT2D eigenvalue weighted by Crippen LogP contribution is 2.38. The van der Waals surface area contributed by atoms with Gasteiger partial charge in [-0.1, -0.05) is 11.6 Å². The molecule has 4 aromatic rings. The maximum Gasteiger partial charge on any atom is 0.196 e. The monoisotopic (exact) mass is 501 g/mol. The molecule has 2 aromatic heterocycles. The highest BCUT2D eigenvalue weighted by atomic mass is 35.5. The van der Waals surface area contributed by atoms with Crippen LogP contribution in [-0.2, 0) is 0 Å². The summed E-state index contributed by atoms with van der Waals surface area (Å²) in [5.74, 6) is 1.54. The molecule has 1 aliphatic heterocycles. The minimum absolute atomic E-state index is 0.0864. The molecule has 182 valence electrons. The van der Waals surface area contributed by atoms with E-state index in [0.717, 1.165) is 29.1 Å². The van der Waals surface area contributed by atoms with Crippen molar-refractivity contribution in [1.82, 2.24) is 4.98 Å². The summed E-state index contributed by atoms with van der Waals surface area (Å²) in [6, 6.07) is 14.8. The summed E-state index contributed by atoms with van der Waals surface area (Å²) in [7, 11) is 2.02. The van der Waals surface area contributed by atoms with E-state index in [1.807, 2.05) is 57.3 Å². The number of nitrogens with zero attached hydrogens (tertiary/aromatic N) is 3. The quantitative estimate of drug-likeness (QED) is 0.318. The fourth-order valence-corrected chi connectivity index (χ4v) is 4.64. The Hall–Kier alpha value is -4.02. The van der Waals surface area contributed by atoms with Gasteiger partial charge in [0.15, 0.2) is 16.9 Å². The van der Waals surface area contributed by atoms with Crippen LogP contribution in [-0.4, -0.2) is 25.2 Å². The zero-order chi connectivity index (χ0) is 25.6. The van der Waals surface area contributed by atoms with Crippen molar-refractivity contribution in [3.63, 3.8) is 0 Å². The average molecular weight is 502 g/mol. The molecule has 7 nitrogen and oxygen atoms in total. The van der Waals surface area contributed by atoms with Crippen LogP contribution in [0.1, 0.15) is 35.4 Å². The SMILES string of the molecule is Cc1cc([C@@H](C)Oc2ccc(Cl)nc2C#N)c2oc(-c3ccc4c(c3)OCCN4C)c(C)c(=O)c2c1. The Bertz CT molecular complexity index is 1610. The summed E-state index contributed by atoms with van der Waals surface area (Å²) in [6.07, 6.45) is -0.540. The number of aryl methyl sites for hydroxylation is 1. The van der Waals surface area contributed by atoms with Crippen LogP contribution in [0.25, 0.3) is 22.3 Å². The first-order valence-corrected chi connectivity index (χ1v) is 11.9. The van der Waals surface area contributed by atoms with Crippen molar-refractivity contribution in [2.24, 2.45) is 0 Å². The van der Waals surface area contributed by atoms with Gasteiger partial charge in [0, 0.05) is 23.7 Å². The zero-order valence-corrected chi connectivity index (χ0v) is 21.1. The van der Waals surface area contributed by atoms with E-state index in [2.05, 4.69) is 9.88 Å². The molecule has 0 aliphatic carbocycles. The van der Waals surface area contributed by atoms with Crippen molar-refractivity contribution < 1.29 is 13.9 Å². The molecule has 36 heavy (non-hydrogen) atoms. The van der Waals surface area contributed by atoms with Crippen molar-refractivity contribution in [3.05, 3.63) is 80.2 Å². The molecular formula is C28H24ClN3O4. The minimum atomic E-state index is -0.540. The lowest BCUT2D eigenvalue weighted by Gasteiger charge is -2.28. The van der Waals surface area contributed by atoms with E-state index in [-0.39, 0.29) is 16.3 Å². The molecular weight excluding hydrogens is 478 g/mol. The van der Waals surface area contributed by atoms with Crippen molar-refractivity contribution in [1.29, 1.82) is 5.26 Å². The van der Waals surface area contributed by atoms with E-state index in [1.165, 1.54) is 0 Å². The minimum Gasteiger partial charge on any atom is -0.490 e. The van der Waals surface area contributed by atoms with Gasteiger partial charge in [0.1, 0.15) is 41.0 Å². The number of hydrogen-bond donors (Lipinski definition) is 0. The number of fused-ring (bicyclic) bond motifs is 2. The van der Waals surface area contributed by atoms with E-state index < -0.39 is 6.10 Å². The van der Waals surface area contributed by atoms with Gasteiger partial charge in [-0.15, -0.1) is 0 Å². The predicted molar refractivity (Wildman–Crippen MR) is 139 cm³/mol. The summed E-state index contributed by atoms with van der Waals surface area (Å²) in [5.41, 5.74) is 4.28. The van der Waals surface area contributed by atoms with Crippen molar-refractivity contribution >= 4 is 28.3 Å². The van der Waals surface area contributed by atoms with Crippen LogP contribution in [0.5, 0.6) is 11.5 Å². The van der Waals surface area contributed by atoms with Crippen molar-refractivity contribution in [2.45, 2.75) is 26.9 Å². The number of pyridine rings is 1. The molecule has 0 bridgehead atoms. The summed E-state index contributed by atoms with van der Waals surface area (Å²) in [6.45, 7) is 6.93. The molecule has 8 heteroatoms. The molecule has 0 spiro atoms. The number of hydrogen-bond acceptors (Lipinski definition) is 7. The van der Waals surface area contributed by atoms with Crippen LogP contribution in [0.3, 0.4) is 0 Å². The Balaban J connectivity index is 1.65. The Morgan fingerprint density at radius 3 is 2.78 bits per heavy atom. The van der Waals surface area contributed by atoms with E-state index in [1.54, 1.807) is 19.1 Å². The van der Waals surface area contributed by atoms with E-state index in [9.17, 15) is 10.1 Å². The van der Waals surface area contributed by atoms with E-state index >= 15 is 0 Å². The number of aromatic nitrogens is 1. The van der Waals surface area contributed by atoms with Gasteiger partial charge in [-0.25, -0.2) is 4.98 Å². The Morgan fingerprint density at radius 2 is 2.00 bits per heavy atom. The average Bonchev–Trinajstić information content (AvgIpc) is 2.87. The van der Waals surface area contributed by atoms with Gasteiger partial charge in [0.05, 0.1) is 17.6 Å². The number of nitriles is 1. The molecule has 0 saturated carbocycles. The third-order valence-corrected chi connectivity index (χ3v) is 6.59. The van der Waals surface area contributed by atoms with Crippen LogP contribution in [0.15, 0.2) is 51.7 Å². The molecule has 0 fully saturated rings. The van der Waals surface area contributed by atoms with Crippen LogP contribution >= 0.6 is 11.6 Å². The molecule has 0 amide bonds. The first-order chi connectivity index (χ1) is 17.3. The Kier molecular flexibility index (Phi) is 6.07. The summed E-state index contributed by atoms with van der Waals surface area (Å²) < 4.78 is 18.4. The summed E-state index contributed by atoms with van der Waals surface area (Å²) in [5, 5.41) is 10.1. The molecule has 1 atom stereocenters. The molecule has 2 aromatic carbocycles. The smallest absolute Gasteiger partial charge is 0.196 e. The van der Waals surface area contributed by atoms with Crippen LogP contribution in [0.4, 0.5) is 5.69 Å². The second-order valence-corrected chi connectivity index (χ2v) is 9.31. The van der Waals surface area contributed by atoms with Crippen LogP contribution < -0.4 is 19.8 Å². The fraction of sp³-hybridized carbons (Fsp3) is 0.250. The predicted octanol–water partition coefficient (Wildman–Crippen LogP) is 5.97. The normalized spacial score (nSPS) is 13.6. The van der Waals surface area contributed by atoms with Crippen LogP contribution in [0, 0.1) is 25.2 Å². The zero-order valence-electron chi connectivity index (χ0n) is 20.4. The molecule has 1 aliphatic rings. The maximum absolute atomic E-state index is 13.5. The van der Waals surface area contributed by atoms with Gasteiger partial charge < -0.3 is 18.8 Å². The van der Waals surface area contributed by atoms with Gasteiger partial charge >= 0.3 is 0 Å². The second-order valence-electron chi connectivity index (χ2n) is 8.92. The highest BCUT2D eigenvalue weighted by molar-refractivity contribution is 6.29. The third-order valence-electron chi connectivity index (χ3n) is 6.38. The molecule has 0 radical (unpaired) electrons. The molecule has 0 saturated heterocycles. The van der Waals surface area contributed by atoms with Gasteiger partial charge in [0.25, 0.3) is 0 Å². The van der Waals surface area contributed by atoms with Gasteiger partial charge in [0.2, 0.25) is 0 Å². The number of benzene rings is 2. The summed E-state index contributed by atoms with van der Waals surface area (Å²) in [4.78, 5) is 19.6. The molecule has 0 unspecified atom stereocenters. The second kappa shape index (κ2) is 9.21. The molecule has 5 rings (SSSR count). The number of halogens is 1. The Labute approximate surface area is 213 Å². The third kappa shape index (κ3) is 4.14. The van der Waals surface area contributed by atoms with E-state index in [4.69, 9.17) is 25.5 Å². The molecule has 0 N–H and O–H groups in total. The van der Waals surface area contributed by atoms with Crippen molar-refractivity contribution in [2.75, 3.05) is 25.1 Å². The highest BCUT2D eigenvalue weighted by Gasteiger charge is 2.22. The number of ether oxygens (including phenoxy) is 2. The number of rotatable bonds is 4. The van der Waals surface area contributed by atoms with Crippen LogP contribution in [0.2, 0.25) is 5.15 Å². The largest absolute Gasteiger partial charge is 0.490 e. The Morgan fingerprint density at radius 1 is 1.19 bits per heavy atom. The van der Waals surface area contributed by atoms with Gasteiger partial charge in [-0.05, 0) is 68.8 Å². The summed E-state index contributed by atoms with van der Waals surface area (Å²) >= 11 is 5.93. The van der Waals surface area contributed by atoms with Crippen molar-refractivity contribution in [3.8, 4) is 28.9 Å². The lowest BCUT2D eigenvalue weighted by atomic mass is 9.99. The topological polar surface area (TPSA) is 88.6 Å². The number of likely N-dealkylation sites (N-methyl/N-ethyl adjacent to an activating group) is 1. The lowest BCUT2D eigenvalue weighted by molar-refractivity contribution is 0.225. The first kappa shape index (κ1) is 23.7. The van der Waals surface area contributed by atoms with Gasteiger partial charge in [-0.2, -0.15) is 5.26 Å².